The van der Waals surface area contributed by atoms with Crippen LogP contribution in [0, 0.1) is 0 Å². The van der Waals surface area contributed by atoms with Gasteiger partial charge in [0.05, 0.1) is 49.8 Å². The maximum atomic E-state index is 15.0. The number of carbonyl (C=O) groups excluding carboxylic acids is 12. The third kappa shape index (κ3) is 23.4. The van der Waals surface area contributed by atoms with Gasteiger partial charge in [0.15, 0.2) is 12.4 Å². The van der Waals surface area contributed by atoms with E-state index in [4.69, 9.17) is 20.9 Å². The van der Waals surface area contributed by atoms with Crippen molar-refractivity contribution in [3.63, 3.8) is 0 Å². The van der Waals surface area contributed by atoms with Gasteiger partial charge < -0.3 is 115 Å². The molecule has 0 spiro atoms. The first-order valence-electron chi connectivity index (χ1n) is 31.9. The van der Waals surface area contributed by atoms with Crippen LogP contribution in [-0.4, -0.2) is 221 Å². The number of phenols is 1. The fourth-order valence-corrected chi connectivity index (χ4v) is 10.4. The van der Waals surface area contributed by atoms with E-state index < -0.39 is 225 Å². The quantitative estimate of drug-likeness (QED) is 0.0280. The van der Waals surface area contributed by atoms with E-state index in [1.807, 2.05) is 6.08 Å². The fraction of sp³-hybridized carbons (Fsp3) is 0.540. The van der Waals surface area contributed by atoms with Crippen molar-refractivity contribution in [2.45, 2.75) is 203 Å². The van der Waals surface area contributed by atoms with Crippen LogP contribution in [-0.2, 0) is 79.8 Å². The molecule has 3 aliphatic rings. The molecule has 5 rings (SSSR count). The molecule has 538 valence electrons. The van der Waals surface area contributed by atoms with Crippen molar-refractivity contribution < 1.29 is 103 Å². The number of imidazole rings is 1. The second-order valence-electron chi connectivity index (χ2n) is 23.7. The van der Waals surface area contributed by atoms with Gasteiger partial charge in [-0.1, -0.05) is 81.6 Å². The number of unbranched alkanes of at least 4 members (excludes halogenated alkanes) is 6. The van der Waals surface area contributed by atoms with E-state index in [1.54, 1.807) is 6.08 Å². The second kappa shape index (κ2) is 38.5. The number of phenolic OH excluding ortho intramolecular Hbond substituents is 1. The highest BCUT2D eigenvalue weighted by Crippen LogP contribution is 2.32. The summed E-state index contributed by atoms with van der Waals surface area (Å²) in [6.45, 7) is 5.28. The number of aliphatic hydroxyl groups is 6. The molecule has 3 aliphatic heterocycles. The number of hydrogen-bond donors (Lipinski definition) is 20. The molecule has 4 heterocycles. The molecule has 3 unspecified atom stereocenters. The summed E-state index contributed by atoms with van der Waals surface area (Å²) < 4.78 is 11.2. The summed E-state index contributed by atoms with van der Waals surface area (Å²) in [6, 6.07) is -9.64. The average Bonchev–Trinajstić information content (AvgIpc) is 1.47. The Morgan fingerprint density at radius 1 is 0.796 bits per heavy atom. The lowest BCUT2D eigenvalue weighted by Crippen LogP contribution is -2.64. The van der Waals surface area contributed by atoms with E-state index in [1.165, 1.54) is 44.2 Å². The molecule has 0 aliphatic carbocycles. The summed E-state index contributed by atoms with van der Waals surface area (Å²) in [5.74, 6) is -15.2. The standard InChI is InChI=1S/C63H90N14O21/c1-6-9-10-11-12-13-14-15-16-17-18-43(98-63-53(87)51(85)42(81)28-97-63)52(86)62(96)72-35(8-3)54(88)75-47-30(4)69-57(91)39-25-37-49(68-29-67-37)33-23-32(19-21-40(33)79)24-38(74-61(95)48(31(5)78)76-60(47)94)58(92)71-34(7-2)55(89)77-50(41(80)26-45(65)83)59(93)66-27-46(84)70-36(56(90)73-39)20-22-44(64)82/h7-8,15-19,21,23,29-31,36,38-39,41-43,47-48,50-53,63,78-81,85-87H,6,9-14,20,22,24-28H2,1-5H3,(H2,64,82)(H2,65,83)(H,66,93)(H,67,68)(H,69,91)(H,70,84)(H,71,92)(H,72,96)(H,73,90)(H,74,95)(H,75,88)(H,76,94)(H,77,89)/b16-15+,18-17+,34-7-,35-8+/t30-,31?,36+,38-,39-,41-,42+,43+,47-,48+,50?,51-,52-,53-,63?/m0/s1. The number of aromatic nitrogens is 2. The topological polar surface area (TPSA) is 566 Å². The molecule has 12 amide bonds. The van der Waals surface area contributed by atoms with E-state index in [2.05, 4.69) is 70.1 Å². The molecule has 0 radical (unpaired) electrons. The molecule has 2 aromatic rings. The Hall–Kier alpha value is -9.49. The maximum Gasteiger partial charge on any atom is 0.268 e. The van der Waals surface area contributed by atoms with Crippen LogP contribution in [0.2, 0.25) is 0 Å². The minimum absolute atomic E-state index is 0.00450. The summed E-state index contributed by atoms with van der Waals surface area (Å²) >= 11 is 0. The van der Waals surface area contributed by atoms with Crippen LogP contribution >= 0.6 is 0 Å². The van der Waals surface area contributed by atoms with Gasteiger partial charge in [0, 0.05) is 30.5 Å². The number of nitrogens with two attached hydrogens (primary N) is 2. The monoisotopic (exact) mass is 1380 g/mol. The van der Waals surface area contributed by atoms with Gasteiger partial charge in [0.1, 0.15) is 77.8 Å². The minimum Gasteiger partial charge on any atom is -0.507 e. The molecule has 15 atom stereocenters. The molecule has 98 heavy (non-hydrogen) atoms. The molecular formula is C63H90N14O21. The Balaban J connectivity index is 1.62. The van der Waals surface area contributed by atoms with Crippen molar-refractivity contribution in [3.05, 3.63) is 83.6 Å². The number of rotatable bonds is 23. The van der Waals surface area contributed by atoms with Gasteiger partial charge in [-0.25, -0.2) is 4.98 Å². The Kier molecular flexibility index (Phi) is 31.1. The largest absolute Gasteiger partial charge is 0.507 e. The average molecular weight is 1380 g/mol. The fourth-order valence-electron chi connectivity index (χ4n) is 10.4. The zero-order valence-electron chi connectivity index (χ0n) is 54.8. The van der Waals surface area contributed by atoms with Gasteiger partial charge >= 0.3 is 0 Å². The minimum atomic E-state index is -2.25. The second-order valence-corrected chi connectivity index (χ2v) is 23.7. The summed E-state index contributed by atoms with van der Waals surface area (Å²) in [4.78, 5) is 175. The van der Waals surface area contributed by atoms with Crippen molar-refractivity contribution in [1.82, 2.24) is 63.1 Å². The van der Waals surface area contributed by atoms with Crippen LogP contribution in [0.15, 0.2) is 72.4 Å². The van der Waals surface area contributed by atoms with Gasteiger partial charge in [0.2, 0.25) is 53.2 Å². The Morgan fingerprint density at radius 2 is 1.49 bits per heavy atom. The summed E-state index contributed by atoms with van der Waals surface area (Å²) in [6.07, 6.45) is -1.80. The van der Waals surface area contributed by atoms with Crippen LogP contribution in [0.1, 0.15) is 110 Å². The van der Waals surface area contributed by atoms with Crippen LogP contribution in [0.4, 0.5) is 0 Å². The first kappa shape index (κ1) is 79.2. The lowest BCUT2D eigenvalue weighted by atomic mass is 9.97. The SMILES string of the molecule is C/C=C1\NC(=O)[C@@H]2Cc3ccc(O)c(c3)-c3nc[nH]c3C[C@H](NC(=O)[C@@H](CCC(N)=O)NC(=O)CNC(=O)C([C@@H](O)CC(N)=O)NC1=O)C(=O)N[C@@H](C)[C@H](NC(=O)/C(=C\C)NC(=O)[C@@H](O)[C@@H](/C=C/C=C/CCCCCCCC)OC1OC[C@@H](O)[C@H](O)[C@@H]1O)C(=O)N[C@H](C(C)O)C(=O)N2. The molecule has 1 saturated heterocycles. The molecule has 22 N–H and O–H groups in total. The molecule has 35 heteroatoms. The summed E-state index contributed by atoms with van der Waals surface area (Å²) in [5.41, 5.74) is 9.42. The lowest BCUT2D eigenvalue weighted by Gasteiger charge is -2.36. The normalized spacial score (nSPS) is 26.2. The predicted octanol–water partition coefficient (Wildman–Crippen LogP) is -5.61. The number of amides is 12. The van der Waals surface area contributed by atoms with Gasteiger partial charge in [-0.3, -0.25) is 57.5 Å². The number of aromatic hydroxyl groups is 1. The number of aromatic amines is 1. The maximum absolute atomic E-state index is 15.0. The molecule has 0 saturated carbocycles. The van der Waals surface area contributed by atoms with E-state index in [0.717, 1.165) is 70.9 Å². The number of nitrogens with one attached hydrogen (secondary N) is 11. The number of primary amides is 2. The molecule has 1 fully saturated rings. The number of nitrogens with zero attached hydrogens (tertiary/aromatic N) is 1. The van der Waals surface area contributed by atoms with Crippen LogP contribution in [0.25, 0.3) is 11.3 Å². The third-order valence-electron chi connectivity index (χ3n) is 15.9. The van der Waals surface area contributed by atoms with E-state index in [9.17, 15) is 93.3 Å². The number of benzene rings is 1. The van der Waals surface area contributed by atoms with Crippen LogP contribution < -0.4 is 64.6 Å². The molecule has 1 aromatic carbocycles. The van der Waals surface area contributed by atoms with Crippen molar-refractivity contribution in [2.75, 3.05) is 13.2 Å². The van der Waals surface area contributed by atoms with E-state index in [0.29, 0.717) is 6.42 Å². The number of carbonyl (C=O) groups is 12. The molecule has 1 aromatic heterocycles. The highest BCUT2D eigenvalue weighted by Gasteiger charge is 2.43. The van der Waals surface area contributed by atoms with Gasteiger partial charge in [0.25, 0.3) is 17.7 Å². The first-order valence-corrected chi connectivity index (χ1v) is 31.9. The Morgan fingerprint density at radius 3 is 2.16 bits per heavy atom. The number of aliphatic hydroxyl groups excluding tert-OH is 6. The van der Waals surface area contributed by atoms with Crippen LogP contribution in [0.5, 0.6) is 5.75 Å². The van der Waals surface area contributed by atoms with Crippen molar-refractivity contribution >= 4 is 70.9 Å². The number of ether oxygens (including phenoxy) is 2. The number of fused-ring (bicyclic) bond motifs is 2. The van der Waals surface area contributed by atoms with Crippen molar-refractivity contribution in [2.24, 2.45) is 11.5 Å². The van der Waals surface area contributed by atoms with Crippen molar-refractivity contribution in [1.29, 1.82) is 0 Å². The zero-order valence-corrected chi connectivity index (χ0v) is 54.8. The Labute approximate surface area is 563 Å². The first-order chi connectivity index (χ1) is 46.5. The highest BCUT2D eigenvalue weighted by atomic mass is 16.7. The Bertz CT molecular complexity index is 3320. The number of H-pyrrole nitrogens is 1. The predicted molar refractivity (Wildman–Crippen MR) is 344 cm³/mol. The summed E-state index contributed by atoms with van der Waals surface area (Å²) in [7, 11) is 0. The number of allylic oxidation sites excluding steroid dienone is 5. The summed E-state index contributed by atoms with van der Waals surface area (Å²) in [5, 5.41) is 99.8. The van der Waals surface area contributed by atoms with Gasteiger partial charge in [-0.05, 0) is 64.7 Å². The smallest absolute Gasteiger partial charge is 0.268 e. The molecular weight excluding hydrogens is 1290 g/mol. The molecule has 4 bridgehead atoms. The van der Waals surface area contributed by atoms with Gasteiger partial charge in [-0.2, -0.15) is 0 Å². The van der Waals surface area contributed by atoms with E-state index >= 15 is 0 Å². The van der Waals surface area contributed by atoms with Gasteiger partial charge in [-0.15, -0.1) is 0 Å². The third-order valence-corrected chi connectivity index (χ3v) is 15.9. The van der Waals surface area contributed by atoms with Crippen LogP contribution in [0.3, 0.4) is 0 Å². The van der Waals surface area contributed by atoms with E-state index in [-0.39, 0.29) is 22.5 Å². The zero-order chi connectivity index (χ0) is 72.5. The lowest BCUT2D eigenvalue weighted by molar-refractivity contribution is -0.283. The number of hydrogen-bond acceptors (Lipinski definition) is 22. The molecule has 35 nitrogen and oxygen atoms in total. The highest BCUT2D eigenvalue weighted by molar-refractivity contribution is 6.04. The van der Waals surface area contributed by atoms with Crippen molar-refractivity contribution in [3.8, 4) is 17.0 Å².